The average Bonchev–Trinajstić information content (AvgIpc) is 3.29. The number of piperidine rings is 1. The molecule has 10 heteroatoms. The number of carbonyl (C=O) groups excluding carboxylic acids is 2. The van der Waals surface area contributed by atoms with Crippen molar-refractivity contribution in [3.8, 4) is 11.4 Å². The Kier molecular flexibility index (Phi) is 4.91. The standard InChI is InChI=1S/C28H26FN3O6/c1-13-14-2-3-28(4-6-31(7-5-28)21(34)11-33)23-16-10-32-20(24(16)30-19(22(14)23)9-18(13)29)8-15-17(26(32)36)12-38-27(37)25(15)35/h8-9,25,33,35H,2-7,10-12H2,1H3. The van der Waals surface area contributed by atoms with Crippen LogP contribution in [-0.2, 0) is 39.3 Å². The molecule has 38 heavy (non-hydrogen) atoms. The normalized spacial score (nSPS) is 20.8. The number of fused-ring (bicyclic) bond motifs is 6. The minimum absolute atomic E-state index is 0.198. The van der Waals surface area contributed by atoms with E-state index in [0.717, 1.165) is 28.5 Å². The summed E-state index contributed by atoms with van der Waals surface area (Å²) in [6, 6.07) is 3.09. The maximum absolute atomic E-state index is 15.0. The second-order valence-electron chi connectivity index (χ2n) is 10.9. The van der Waals surface area contributed by atoms with Crippen LogP contribution in [0.4, 0.5) is 4.39 Å². The summed E-state index contributed by atoms with van der Waals surface area (Å²) < 4.78 is 21.7. The van der Waals surface area contributed by atoms with Crippen LogP contribution in [0.5, 0.6) is 0 Å². The molecular formula is C28H26FN3O6. The minimum Gasteiger partial charge on any atom is -0.458 e. The van der Waals surface area contributed by atoms with Crippen molar-refractivity contribution in [1.29, 1.82) is 0 Å². The number of nitrogens with zero attached hydrogens (tertiary/aromatic N) is 3. The molecule has 1 amide bonds. The van der Waals surface area contributed by atoms with Crippen LogP contribution in [0.3, 0.4) is 0 Å². The van der Waals surface area contributed by atoms with E-state index in [2.05, 4.69) is 0 Å². The van der Waals surface area contributed by atoms with Gasteiger partial charge < -0.3 is 24.4 Å². The maximum Gasteiger partial charge on any atom is 0.340 e. The highest BCUT2D eigenvalue weighted by Crippen LogP contribution is 2.52. The van der Waals surface area contributed by atoms with E-state index in [-0.39, 0.29) is 47.0 Å². The van der Waals surface area contributed by atoms with Gasteiger partial charge in [0.1, 0.15) is 19.0 Å². The summed E-state index contributed by atoms with van der Waals surface area (Å²) in [4.78, 5) is 44.3. The topological polar surface area (TPSA) is 122 Å². The average molecular weight is 520 g/mol. The zero-order chi connectivity index (χ0) is 26.5. The Morgan fingerprint density at radius 1 is 1.18 bits per heavy atom. The summed E-state index contributed by atoms with van der Waals surface area (Å²) in [5.74, 6) is -1.42. The van der Waals surface area contributed by atoms with E-state index in [0.29, 0.717) is 54.8 Å². The summed E-state index contributed by atoms with van der Waals surface area (Å²) in [6.45, 7) is 2.34. The largest absolute Gasteiger partial charge is 0.458 e. The molecule has 7 rings (SSSR count). The Morgan fingerprint density at radius 2 is 1.95 bits per heavy atom. The molecule has 0 radical (unpaired) electrons. The lowest BCUT2D eigenvalue weighted by Gasteiger charge is -2.46. The molecule has 9 nitrogen and oxygen atoms in total. The summed E-state index contributed by atoms with van der Waals surface area (Å²) >= 11 is 0. The van der Waals surface area contributed by atoms with E-state index in [1.807, 2.05) is 0 Å². The Morgan fingerprint density at radius 3 is 2.68 bits per heavy atom. The van der Waals surface area contributed by atoms with Gasteiger partial charge in [-0.3, -0.25) is 9.59 Å². The third kappa shape index (κ3) is 2.98. The summed E-state index contributed by atoms with van der Waals surface area (Å²) in [5.41, 5.74) is 4.90. The molecule has 1 aliphatic carbocycles. The summed E-state index contributed by atoms with van der Waals surface area (Å²) in [7, 11) is 0. The molecule has 2 aromatic heterocycles. The van der Waals surface area contributed by atoms with Crippen LogP contribution < -0.4 is 5.56 Å². The maximum atomic E-state index is 15.0. The smallest absolute Gasteiger partial charge is 0.340 e. The molecule has 1 unspecified atom stereocenters. The lowest BCUT2D eigenvalue weighted by Crippen LogP contribution is -2.47. The lowest BCUT2D eigenvalue weighted by atomic mass is 9.63. The van der Waals surface area contributed by atoms with Gasteiger partial charge in [0.15, 0.2) is 6.10 Å². The second-order valence-corrected chi connectivity index (χ2v) is 10.9. The van der Waals surface area contributed by atoms with Gasteiger partial charge in [-0.15, -0.1) is 0 Å². The van der Waals surface area contributed by atoms with E-state index >= 15 is 4.39 Å². The quantitative estimate of drug-likeness (QED) is 0.368. The van der Waals surface area contributed by atoms with E-state index in [1.54, 1.807) is 22.5 Å². The van der Waals surface area contributed by atoms with Gasteiger partial charge in [-0.1, -0.05) is 0 Å². The van der Waals surface area contributed by atoms with Crippen molar-refractivity contribution in [2.24, 2.45) is 0 Å². The fourth-order valence-electron chi connectivity index (χ4n) is 7.11. The number of cyclic esters (lactones) is 1. The SMILES string of the molecule is Cc1c(F)cc2nc3c(c4c2c1CCC41CCN(C(=O)CO)CC1)Cn1c-3cc2c(c1=O)COC(=O)C2O. The highest BCUT2D eigenvalue weighted by molar-refractivity contribution is 5.94. The molecule has 1 atom stereocenters. The van der Waals surface area contributed by atoms with Crippen molar-refractivity contribution >= 4 is 22.8 Å². The Bertz CT molecular complexity index is 1650. The molecule has 3 aromatic rings. The number of aryl methyl sites for hydroxylation is 1. The first kappa shape index (κ1) is 23.5. The first-order valence-electron chi connectivity index (χ1n) is 12.9. The minimum atomic E-state index is -1.55. The molecule has 196 valence electrons. The van der Waals surface area contributed by atoms with E-state index in [9.17, 15) is 24.6 Å². The molecule has 1 aromatic carbocycles. The van der Waals surface area contributed by atoms with Crippen LogP contribution in [0.1, 0.15) is 58.7 Å². The monoisotopic (exact) mass is 519 g/mol. The highest BCUT2D eigenvalue weighted by atomic mass is 19.1. The number of halogens is 1. The van der Waals surface area contributed by atoms with Gasteiger partial charge in [0.05, 0.1) is 29.0 Å². The molecule has 4 aliphatic rings. The number of benzene rings is 1. The number of hydrogen-bond donors (Lipinski definition) is 2. The number of likely N-dealkylation sites (tertiary alicyclic amines) is 1. The molecule has 1 fully saturated rings. The Hall–Kier alpha value is -3.63. The predicted molar refractivity (Wildman–Crippen MR) is 133 cm³/mol. The van der Waals surface area contributed by atoms with Crippen molar-refractivity contribution in [3.05, 3.63) is 61.7 Å². The highest BCUT2D eigenvalue weighted by Gasteiger charge is 2.45. The zero-order valence-corrected chi connectivity index (χ0v) is 20.8. The van der Waals surface area contributed by atoms with Gasteiger partial charge in [-0.25, -0.2) is 14.2 Å². The van der Waals surface area contributed by atoms with Crippen molar-refractivity contribution in [1.82, 2.24) is 14.5 Å². The number of aromatic nitrogens is 2. The molecular weight excluding hydrogens is 493 g/mol. The summed E-state index contributed by atoms with van der Waals surface area (Å²) in [5, 5.41) is 20.8. The Balaban J connectivity index is 1.48. The Labute approximate surface area is 216 Å². The van der Waals surface area contributed by atoms with Crippen molar-refractivity contribution in [3.63, 3.8) is 0 Å². The van der Waals surface area contributed by atoms with Crippen LogP contribution in [0.2, 0.25) is 0 Å². The van der Waals surface area contributed by atoms with E-state index < -0.39 is 18.7 Å². The fraction of sp³-hybridized carbons (Fsp3) is 0.429. The number of esters is 1. The van der Waals surface area contributed by atoms with Crippen LogP contribution in [0, 0.1) is 12.7 Å². The van der Waals surface area contributed by atoms with Gasteiger partial charge in [-0.05, 0) is 55.4 Å². The third-order valence-corrected chi connectivity index (χ3v) is 9.16. The molecule has 3 aliphatic heterocycles. The van der Waals surface area contributed by atoms with Crippen LogP contribution >= 0.6 is 0 Å². The second kappa shape index (κ2) is 7.94. The summed E-state index contributed by atoms with van der Waals surface area (Å²) in [6.07, 6.45) is 1.28. The van der Waals surface area contributed by atoms with Crippen molar-refractivity contribution in [2.45, 2.75) is 57.3 Å². The molecule has 2 N–H and O–H groups in total. The van der Waals surface area contributed by atoms with Gasteiger partial charge in [0.2, 0.25) is 5.91 Å². The van der Waals surface area contributed by atoms with Gasteiger partial charge >= 0.3 is 5.97 Å². The van der Waals surface area contributed by atoms with E-state index in [1.165, 1.54) is 6.07 Å². The molecule has 1 saturated heterocycles. The molecule has 0 saturated carbocycles. The van der Waals surface area contributed by atoms with Gasteiger partial charge in [0.25, 0.3) is 5.56 Å². The number of pyridine rings is 2. The zero-order valence-electron chi connectivity index (χ0n) is 20.8. The number of aliphatic hydroxyl groups excluding tert-OH is 2. The van der Waals surface area contributed by atoms with Crippen molar-refractivity contribution < 1.29 is 28.9 Å². The van der Waals surface area contributed by atoms with Crippen molar-refractivity contribution in [2.75, 3.05) is 19.7 Å². The first-order valence-corrected chi connectivity index (χ1v) is 12.9. The number of hydrogen-bond acceptors (Lipinski definition) is 7. The molecule has 0 bridgehead atoms. The number of aliphatic hydroxyl groups is 2. The number of ether oxygens (including phenoxy) is 1. The first-order chi connectivity index (χ1) is 18.2. The molecule has 1 spiro atoms. The van der Waals surface area contributed by atoms with Crippen LogP contribution in [0.15, 0.2) is 16.9 Å². The van der Waals surface area contributed by atoms with Gasteiger partial charge in [0, 0.05) is 41.1 Å². The predicted octanol–water partition coefficient (Wildman–Crippen LogP) is 1.76. The lowest BCUT2D eigenvalue weighted by molar-refractivity contribution is -0.157. The third-order valence-electron chi connectivity index (χ3n) is 9.16. The number of amides is 1. The van der Waals surface area contributed by atoms with Gasteiger partial charge in [-0.2, -0.15) is 0 Å². The number of carbonyl (C=O) groups is 2. The molecule has 5 heterocycles. The fourth-order valence-corrected chi connectivity index (χ4v) is 7.11. The van der Waals surface area contributed by atoms with Crippen LogP contribution in [0.25, 0.3) is 22.3 Å². The van der Waals surface area contributed by atoms with Crippen LogP contribution in [-0.4, -0.2) is 56.2 Å². The van der Waals surface area contributed by atoms with E-state index in [4.69, 9.17) is 9.72 Å². The number of rotatable bonds is 1.